The van der Waals surface area contributed by atoms with Crippen LogP contribution in [0.4, 0.5) is 0 Å². The van der Waals surface area contributed by atoms with Crippen LogP contribution in [0.2, 0.25) is 0 Å². The van der Waals surface area contributed by atoms with Crippen LogP contribution in [0.1, 0.15) is 6.42 Å². The molecule has 6 heavy (non-hydrogen) atoms. The van der Waals surface area contributed by atoms with E-state index in [9.17, 15) is 0 Å². The van der Waals surface area contributed by atoms with Gasteiger partial charge in [-0.15, -0.1) is 0 Å². The third kappa shape index (κ3) is 1.78. The summed E-state index contributed by atoms with van der Waals surface area (Å²) in [7, 11) is 0. The first-order valence-electron chi connectivity index (χ1n) is 1.83. The van der Waals surface area contributed by atoms with Crippen LogP contribution in [0, 0.1) is 31.1 Å². The molecule has 0 spiro atoms. The molecule has 0 saturated heterocycles. The average molecular weight is 81.1 g/mol. The van der Waals surface area contributed by atoms with E-state index in [2.05, 4.69) is 13.8 Å². The Hall–Kier alpha value is -0.510. The molecule has 0 N–H and O–H groups in total. The maximum atomic E-state index is 7.98. The third-order valence-electron chi connectivity index (χ3n) is 0.531. The normalized spacial score (nSPS) is 12.8. The smallest absolute Gasteiger partial charge is 0.0655 e. The number of hydrogen-bond donors (Lipinski definition) is 0. The van der Waals surface area contributed by atoms with Gasteiger partial charge in [0, 0.05) is 5.92 Å². The SMILES string of the molecule is [CH2]CC([CH2])C#N. The van der Waals surface area contributed by atoms with Gasteiger partial charge in [-0.05, 0) is 13.3 Å². The molecular weight excluding hydrogens is 74.1 g/mol. The van der Waals surface area contributed by atoms with E-state index in [0.29, 0.717) is 6.42 Å². The molecule has 0 aromatic heterocycles. The van der Waals surface area contributed by atoms with Gasteiger partial charge in [-0.3, -0.25) is 0 Å². The lowest BCUT2D eigenvalue weighted by molar-refractivity contribution is 0.841. The van der Waals surface area contributed by atoms with E-state index < -0.39 is 0 Å². The first-order valence-corrected chi connectivity index (χ1v) is 1.83. The Morgan fingerprint density at radius 2 is 2.33 bits per heavy atom. The molecule has 0 aliphatic heterocycles. The lowest BCUT2D eigenvalue weighted by Gasteiger charge is -1.86. The van der Waals surface area contributed by atoms with Crippen molar-refractivity contribution in [3.8, 4) is 6.07 Å². The van der Waals surface area contributed by atoms with Crippen LogP contribution in [-0.4, -0.2) is 0 Å². The summed E-state index contributed by atoms with van der Waals surface area (Å²) >= 11 is 0. The molecule has 0 fully saturated rings. The van der Waals surface area contributed by atoms with E-state index in [4.69, 9.17) is 5.26 Å². The zero-order valence-corrected chi connectivity index (χ0v) is 3.65. The van der Waals surface area contributed by atoms with E-state index in [0.717, 1.165) is 0 Å². The predicted molar refractivity (Wildman–Crippen MR) is 24.4 cm³/mol. The zero-order chi connectivity index (χ0) is 4.99. The Morgan fingerprint density at radius 3 is 2.33 bits per heavy atom. The minimum absolute atomic E-state index is 0.120. The minimum Gasteiger partial charge on any atom is -0.198 e. The largest absolute Gasteiger partial charge is 0.198 e. The second-order valence-electron chi connectivity index (χ2n) is 1.11. The maximum absolute atomic E-state index is 7.98. The number of hydrogen-bond acceptors (Lipinski definition) is 1. The standard InChI is InChI=1S/C5H7N/c1-3-5(2)4-6/h5H,1-3H2. The van der Waals surface area contributed by atoms with Gasteiger partial charge in [0.15, 0.2) is 0 Å². The fraction of sp³-hybridized carbons (Fsp3) is 0.400. The number of nitriles is 1. The molecule has 0 saturated carbocycles. The van der Waals surface area contributed by atoms with Crippen LogP contribution in [0.3, 0.4) is 0 Å². The fourth-order valence-electron chi connectivity index (χ4n) is 0.0645. The van der Waals surface area contributed by atoms with Crippen molar-refractivity contribution in [1.82, 2.24) is 0 Å². The van der Waals surface area contributed by atoms with Gasteiger partial charge in [0.05, 0.1) is 6.07 Å². The summed E-state index contributed by atoms with van der Waals surface area (Å²) in [4.78, 5) is 0. The van der Waals surface area contributed by atoms with E-state index in [1.54, 1.807) is 0 Å². The van der Waals surface area contributed by atoms with Crippen molar-refractivity contribution in [3.63, 3.8) is 0 Å². The summed E-state index contributed by atoms with van der Waals surface area (Å²) in [5, 5.41) is 7.98. The second-order valence-corrected chi connectivity index (χ2v) is 1.11. The monoisotopic (exact) mass is 81.1 g/mol. The summed E-state index contributed by atoms with van der Waals surface area (Å²) in [5.74, 6) is -0.120. The Labute approximate surface area is 38.6 Å². The molecule has 2 radical (unpaired) electrons. The first-order chi connectivity index (χ1) is 2.81. The average Bonchev–Trinajstić information content (AvgIpc) is 1.65. The van der Waals surface area contributed by atoms with Gasteiger partial charge in [-0.2, -0.15) is 5.26 Å². The maximum Gasteiger partial charge on any atom is 0.0655 e. The molecule has 0 aliphatic rings. The van der Waals surface area contributed by atoms with E-state index >= 15 is 0 Å². The summed E-state index contributed by atoms with van der Waals surface area (Å²) in [6.07, 6.45) is 0.608. The minimum atomic E-state index is -0.120. The van der Waals surface area contributed by atoms with Gasteiger partial charge >= 0.3 is 0 Å². The predicted octanol–water partition coefficient (Wildman–Crippen LogP) is 1.18. The Morgan fingerprint density at radius 1 is 1.83 bits per heavy atom. The van der Waals surface area contributed by atoms with Crippen molar-refractivity contribution < 1.29 is 0 Å². The highest BCUT2D eigenvalue weighted by Gasteiger charge is 1.89. The highest BCUT2D eigenvalue weighted by Crippen LogP contribution is 1.93. The van der Waals surface area contributed by atoms with E-state index in [1.165, 1.54) is 0 Å². The first kappa shape index (κ1) is 5.49. The molecule has 0 bridgehead atoms. The van der Waals surface area contributed by atoms with Crippen molar-refractivity contribution in [2.75, 3.05) is 0 Å². The molecule has 32 valence electrons. The third-order valence-corrected chi connectivity index (χ3v) is 0.531. The molecule has 1 nitrogen and oxygen atoms in total. The topological polar surface area (TPSA) is 23.8 Å². The highest BCUT2D eigenvalue weighted by molar-refractivity contribution is 4.84. The van der Waals surface area contributed by atoms with Crippen molar-refractivity contribution in [1.29, 1.82) is 5.26 Å². The number of rotatable bonds is 1. The van der Waals surface area contributed by atoms with Crippen LogP contribution < -0.4 is 0 Å². The van der Waals surface area contributed by atoms with Crippen LogP contribution in [0.25, 0.3) is 0 Å². The van der Waals surface area contributed by atoms with Crippen LogP contribution in [0.5, 0.6) is 0 Å². The Balaban J connectivity index is 3.04. The van der Waals surface area contributed by atoms with Crippen molar-refractivity contribution in [2.45, 2.75) is 6.42 Å². The lowest BCUT2D eigenvalue weighted by atomic mass is 10.2. The molecule has 1 atom stereocenters. The molecular formula is C5H7N. The fourth-order valence-corrected chi connectivity index (χ4v) is 0.0645. The van der Waals surface area contributed by atoms with E-state index in [1.807, 2.05) is 6.07 Å². The summed E-state index contributed by atoms with van der Waals surface area (Å²) in [6.45, 7) is 6.92. The molecule has 1 unspecified atom stereocenters. The summed E-state index contributed by atoms with van der Waals surface area (Å²) in [6, 6.07) is 1.94. The van der Waals surface area contributed by atoms with Gasteiger partial charge in [0.2, 0.25) is 0 Å². The van der Waals surface area contributed by atoms with Gasteiger partial charge in [0.25, 0.3) is 0 Å². The molecule has 0 aromatic carbocycles. The van der Waals surface area contributed by atoms with Crippen LogP contribution in [0.15, 0.2) is 0 Å². The summed E-state index contributed by atoms with van der Waals surface area (Å²) in [5.41, 5.74) is 0. The van der Waals surface area contributed by atoms with Gasteiger partial charge < -0.3 is 0 Å². The van der Waals surface area contributed by atoms with Crippen LogP contribution >= 0.6 is 0 Å². The Kier molecular flexibility index (Phi) is 2.48. The molecule has 0 amide bonds. The van der Waals surface area contributed by atoms with Crippen LogP contribution in [-0.2, 0) is 0 Å². The molecule has 0 heterocycles. The van der Waals surface area contributed by atoms with Gasteiger partial charge in [0.1, 0.15) is 0 Å². The molecule has 0 rings (SSSR count). The summed E-state index contributed by atoms with van der Waals surface area (Å²) < 4.78 is 0. The van der Waals surface area contributed by atoms with Gasteiger partial charge in [-0.25, -0.2) is 0 Å². The lowest BCUT2D eigenvalue weighted by Crippen LogP contribution is -1.82. The van der Waals surface area contributed by atoms with E-state index in [-0.39, 0.29) is 5.92 Å². The molecule has 0 aromatic rings. The zero-order valence-electron chi connectivity index (χ0n) is 3.65. The molecule has 0 aliphatic carbocycles. The van der Waals surface area contributed by atoms with Gasteiger partial charge in [-0.1, -0.05) is 6.92 Å². The van der Waals surface area contributed by atoms with Crippen molar-refractivity contribution >= 4 is 0 Å². The van der Waals surface area contributed by atoms with Crippen molar-refractivity contribution in [2.24, 2.45) is 5.92 Å². The molecule has 1 heteroatoms. The van der Waals surface area contributed by atoms with Crippen molar-refractivity contribution in [3.05, 3.63) is 13.8 Å². The Bertz CT molecular complexity index is 60.8. The highest BCUT2D eigenvalue weighted by atomic mass is 14.2. The number of nitrogens with zero attached hydrogens (tertiary/aromatic N) is 1. The second kappa shape index (κ2) is 2.71. The quantitative estimate of drug-likeness (QED) is 0.465.